The molecule has 7 heteroatoms. The standard InChI is InChI=1S/C16H14Cl2N2O3/c17-11-7-12(18)9-13(8-11)19-16(23)20-14(15(21)22)6-10-4-2-1-3-5-10/h1-5,7-9,14H,6H2,(H,21,22)(H2,19,20,23)/p-1/t14-/m0/s1. The van der Waals surface area contributed by atoms with Crippen LogP contribution in [0.3, 0.4) is 0 Å². The minimum absolute atomic E-state index is 0.118. The monoisotopic (exact) mass is 351 g/mol. The molecule has 2 amide bonds. The van der Waals surface area contributed by atoms with Crippen molar-refractivity contribution < 1.29 is 14.7 Å². The summed E-state index contributed by atoms with van der Waals surface area (Å²) in [6.45, 7) is 0. The van der Waals surface area contributed by atoms with Crippen molar-refractivity contribution in [1.29, 1.82) is 0 Å². The van der Waals surface area contributed by atoms with Crippen LogP contribution in [0.1, 0.15) is 5.56 Å². The van der Waals surface area contributed by atoms with Crippen molar-refractivity contribution >= 4 is 40.9 Å². The lowest BCUT2D eigenvalue weighted by Gasteiger charge is -2.20. The molecule has 0 aliphatic heterocycles. The van der Waals surface area contributed by atoms with Crippen LogP contribution in [0.4, 0.5) is 10.5 Å². The average molecular weight is 352 g/mol. The van der Waals surface area contributed by atoms with Gasteiger partial charge in [0, 0.05) is 15.7 Å². The van der Waals surface area contributed by atoms with Crippen LogP contribution in [-0.2, 0) is 11.2 Å². The Labute approximate surface area is 143 Å². The highest BCUT2D eigenvalue weighted by Crippen LogP contribution is 2.22. The number of amides is 2. The first-order valence-electron chi connectivity index (χ1n) is 6.72. The zero-order chi connectivity index (χ0) is 16.8. The zero-order valence-corrected chi connectivity index (χ0v) is 13.4. The number of carboxylic acid groups (broad SMARTS) is 1. The fraction of sp³-hybridized carbons (Fsp3) is 0.125. The number of hydrogen-bond acceptors (Lipinski definition) is 3. The molecule has 2 rings (SSSR count). The van der Waals surface area contributed by atoms with Gasteiger partial charge in [0.15, 0.2) is 0 Å². The van der Waals surface area contributed by atoms with E-state index in [9.17, 15) is 14.7 Å². The Kier molecular flexibility index (Phi) is 5.84. The predicted molar refractivity (Wildman–Crippen MR) is 87.6 cm³/mol. The van der Waals surface area contributed by atoms with E-state index >= 15 is 0 Å². The molecule has 5 nitrogen and oxygen atoms in total. The first kappa shape index (κ1) is 17.1. The number of nitrogens with one attached hydrogen (secondary N) is 2. The Morgan fingerprint density at radius 1 is 1.04 bits per heavy atom. The molecule has 0 saturated carbocycles. The molecule has 2 aromatic rings. The number of carbonyl (C=O) groups is 2. The molecule has 0 heterocycles. The molecule has 0 saturated heterocycles. The maximum Gasteiger partial charge on any atom is 0.319 e. The number of halogens is 2. The van der Waals surface area contributed by atoms with Crippen molar-refractivity contribution in [1.82, 2.24) is 5.32 Å². The van der Waals surface area contributed by atoms with Crippen molar-refractivity contribution in [2.45, 2.75) is 12.5 Å². The molecule has 23 heavy (non-hydrogen) atoms. The number of hydrogen-bond donors (Lipinski definition) is 2. The first-order valence-corrected chi connectivity index (χ1v) is 7.48. The minimum Gasteiger partial charge on any atom is -0.548 e. The largest absolute Gasteiger partial charge is 0.548 e. The number of benzene rings is 2. The minimum atomic E-state index is -1.37. The van der Waals surface area contributed by atoms with Gasteiger partial charge in [-0.25, -0.2) is 4.79 Å². The summed E-state index contributed by atoms with van der Waals surface area (Å²) in [5, 5.41) is 16.8. The van der Waals surface area contributed by atoms with E-state index in [1.807, 2.05) is 6.07 Å². The van der Waals surface area contributed by atoms with Crippen LogP contribution >= 0.6 is 23.2 Å². The van der Waals surface area contributed by atoms with Gasteiger partial charge >= 0.3 is 6.03 Å². The molecule has 0 aliphatic rings. The van der Waals surface area contributed by atoms with Gasteiger partial charge in [-0.05, 0) is 30.2 Å². The van der Waals surface area contributed by atoms with Gasteiger partial charge in [0.1, 0.15) is 0 Å². The van der Waals surface area contributed by atoms with Crippen molar-refractivity contribution in [2.24, 2.45) is 0 Å². The number of carbonyl (C=O) groups excluding carboxylic acids is 2. The maximum atomic E-state index is 11.9. The van der Waals surface area contributed by atoms with Crippen molar-refractivity contribution in [3.05, 3.63) is 64.1 Å². The van der Waals surface area contributed by atoms with Crippen LogP contribution in [0.5, 0.6) is 0 Å². The molecular formula is C16H13Cl2N2O3-. The van der Waals surface area contributed by atoms with Gasteiger partial charge in [0.05, 0.1) is 12.0 Å². The lowest BCUT2D eigenvalue weighted by atomic mass is 10.1. The van der Waals surface area contributed by atoms with Crippen molar-refractivity contribution in [3.63, 3.8) is 0 Å². The second-order valence-electron chi connectivity index (χ2n) is 4.82. The van der Waals surface area contributed by atoms with Crippen LogP contribution in [0.25, 0.3) is 0 Å². The molecule has 0 fully saturated rings. The number of aliphatic carboxylic acids is 1. The van der Waals surface area contributed by atoms with Crippen molar-refractivity contribution in [3.8, 4) is 0 Å². The van der Waals surface area contributed by atoms with Gasteiger partial charge in [-0.1, -0.05) is 53.5 Å². The molecular weight excluding hydrogens is 339 g/mol. The molecule has 2 N–H and O–H groups in total. The average Bonchev–Trinajstić information content (AvgIpc) is 2.46. The van der Waals surface area contributed by atoms with E-state index in [4.69, 9.17) is 23.2 Å². The second kappa shape index (κ2) is 7.85. The van der Waals surface area contributed by atoms with E-state index in [-0.39, 0.29) is 6.42 Å². The fourth-order valence-corrected chi connectivity index (χ4v) is 2.52. The molecule has 2 aromatic carbocycles. The number of rotatable bonds is 5. The van der Waals surface area contributed by atoms with E-state index in [0.717, 1.165) is 5.56 Å². The van der Waals surface area contributed by atoms with Crippen LogP contribution in [0.15, 0.2) is 48.5 Å². The van der Waals surface area contributed by atoms with E-state index < -0.39 is 18.0 Å². The van der Waals surface area contributed by atoms with Gasteiger partial charge in [0.25, 0.3) is 0 Å². The molecule has 0 aliphatic carbocycles. The summed E-state index contributed by atoms with van der Waals surface area (Å²) in [6, 6.07) is 11.6. The summed E-state index contributed by atoms with van der Waals surface area (Å²) in [5.74, 6) is -1.37. The lowest BCUT2D eigenvalue weighted by Crippen LogP contribution is -2.50. The van der Waals surface area contributed by atoms with Gasteiger partial charge in [-0.2, -0.15) is 0 Å². The van der Waals surface area contributed by atoms with Crippen LogP contribution in [0, 0.1) is 0 Å². The van der Waals surface area contributed by atoms with Gasteiger partial charge < -0.3 is 20.5 Å². The SMILES string of the molecule is O=C(Nc1cc(Cl)cc(Cl)c1)N[C@@H](Cc1ccccc1)C(=O)[O-]. The molecule has 0 aromatic heterocycles. The normalized spacial score (nSPS) is 11.6. The Balaban J connectivity index is 2.02. The summed E-state index contributed by atoms with van der Waals surface area (Å²) >= 11 is 11.7. The highest BCUT2D eigenvalue weighted by molar-refractivity contribution is 6.35. The smallest absolute Gasteiger partial charge is 0.319 e. The predicted octanol–water partition coefficient (Wildman–Crippen LogP) is 2.48. The van der Waals surface area contributed by atoms with E-state index in [1.165, 1.54) is 18.2 Å². The third-order valence-electron chi connectivity index (χ3n) is 2.99. The second-order valence-corrected chi connectivity index (χ2v) is 5.69. The maximum absolute atomic E-state index is 11.9. The highest BCUT2D eigenvalue weighted by atomic mass is 35.5. The molecule has 0 bridgehead atoms. The molecule has 0 radical (unpaired) electrons. The molecule has 0 spiro atoms. The Hall–Kier alpha value is -2.24. The Bertz CT molecular complexity index is 687. The molecule has 120 valence electrons. The molecule has 0 unspecified atom stereocenters. The van der Waals surface area contributed by atoms with Gasteiger partial charge in [-0.3, -0.25) is 0 Å². The summed E-state index contributed by atoms with van der Waals surface area (Å²) < 4.78 is 0. The summed E-state index contributed by atoms with van der Waals surface area (Å²) in [7, 11) is 0. The van der Waals surface area contributed by atoms with E-state index in [1.54, 1.807) is 24.3 Å². The number of carboxylic acids is 1. The molecule has 1 atom stereocenters. The number of anilines is 1. The van der Waals surface area contributed by atoms with E-state index in [0.29, 0.717) is 15.7 Å². The summed E-state index contributed by atoms with van der Waals surface area (Å²) in [6.07, 6.45) is 0.118. The van der Waals surface area contributed by atoms with Crippen molar-refractivity contribution in [2.75, 3.05) is 5.32 Å². The van der Waals surface area contributed by atoms with Gasteiger partial charge in [-0.15, -0.1) is 0 Å². The Morgan fingerprint density at radius 2 is 1.65 bits per heavy atom. The number of urea groups is 1. The third-order valence-corrected chi connectivity index (χ3v) is 3.43. The fourth-order valence-electron chi connectivity index (χ4n) is 1.99. The van der Waals surface area contributed by atoms with Crippen LogP contribution < -0.4 is 15.7 Å². The van der Waals surface area contributed by atoms with Crippen LogP contribution in [0.2, 0.25) is 10.0 Å². The quantitative estimate of drug-likeness (QED) is 0.868. The Morgan fingerprint density at radius 3 is 2.22 bits per heavy atom. The first-order chi connectivity index (χ1) is 10.9. The summed E-state index contributed by atoms with van der Waals surface area (Å²) in [4.78, 5) is 23.1. The van der Waals surface area contributed by atoms with Crippen LogP contribution in [-0.4, -0.2) is 18.0 Å². The summed E-state index contributed by atoms with van der Waals surface area (Å²) in [5.41, 5.74) is 1.13. The topological polar surface area (TPSA) is 81.3 Å². The lowest BCUT2D eigenvalue weighted by molar-refractivity contribution is -0.308. The zero-order valence-electron chi connectivity index (χ0n) is 11.9. The third kappa shape index (κ3) is 5.47. The van der Waals surface area contributed by atoms with E-state index in [2.05, 4.69) is 10.6 Å². The van der Waals surface area contributed by atoms with Gasteiger partial charge in [0.2, 0.25) is 0 Å². The highest BCUT2D eigenvalue weighted by Gasteiger charge is 2.14.